The third-order valence-electron chi connectivity index (χ3n) is 3.47. The average Bonchev–Trinajstić information content (AvgIpc) is 2.53. The number of benzene rings is 1. The Morgan fingerprint density at radius 1 is 1.38 bits per heavy atom. The largest absolute Gasteiger partial charge is 0.490 e. The standard InChI is InChI=1S/C13H16BrN3O4/c1-21-12-8-10(2-3-11(12)17(19)20)15-4-6-16(7-5-15)13(18)9-14/h2-3,8H,4-7,9H2,1H3. The van der Waals surface area contributed by atoms with Crippen LogP contribution in [0.15, 0.2) is 18.2 Å². The Morgan fingerprint density at radius 2 is 2.05 bits per heavy atom. The molecule has 0 bridgehead atoms. The summed E-state index contributed by atoms with van der Waals surface area (Å²) >= 11 is 3.17. The second kappa shape index (κ2) is 6.75. The molecule has 8 heteroatoms. The van der Waals surface area contributed by atoms with Crippen LogP contribution >= 0.6 is 15.9 Å². The number of nitro benzene ring substituents is 1. The number of rotatable bonds is 4. The van der Waals surface area contributed by atoms with Crippen LogP contribution in [-0.4, -0.2) is 54.3 Å². The second-order valence-corrected chi connectivity index (χ2v) is 5.18. The summed E-state index contributed by atoms with van der Waals surface area (Å²) in [4.78, 5) is 25.9. The monoisotopic (exact) mass is 357 g/mol. The molecule has 0 atom stereocenters. The Kier molecular flexibility index (Phi) is 5.00. The molecule has 1 fully saturated rings. The number of piperazine rings is 1. The molecule has 1 aromatic carbocycles. The van der Waals surface area contributed by atoms with E-state index in [0.717, 1.165) is 5.69 Å². The Labute approximate surface area is 130 Å². The number of methoxy groups -OCH3 is 1. The number of ether oxygens (including phenoxy) is 1. The van der Waals surface area contributed by atoms with Crippen LogP contribution in [0.1, 0.15) is 0 Å². The van der Waals surface area contributed by atoms with Crippen molar-refractivity contribution in [1.82, 2.24) is 4.90 Å². The van der Waals surface area contributed by atoms with Gasteiger partial charge in [0.05, 0.1) is 17.4 Å². The van der Waals surface area contributed by atoms with Gasteiger partial charge >= 0.3 is 5.69 Å². The third kappa shape index (κ3) is 3.44. The minimum Gasteiger partial charge on any atom is -0.490 e. The predicted octanol–water partition coefficient (Wildman–Crippen LogP) is 1.65. The summed E-state index contributed by atoms with van der Waals surface area (Å²) < 4.78 is 5.08. The van der Waals surface area contributed by atoms with Gasteiger partial charge in [-0.1, -0.05) is 15.9 Å². The van der Waals surface area contributed by atoms with E-state index in [2.05, 4.69) is 20.8 Å². The van der Waals surface area contributed by atoms with Crippen LogP contribution in [0.4, 0.5) is 11.4 Å². The minimum absolute atomic E-state index is 0.0469. The molecule has 0 aliphatic carbocycles. The lowest BCUT2D eigenvalue weighted by Gasteiger charge is -2.36. The minimum atomic E-state index is -0.463. The van der Waals surface area contributed by atoms with Crippen LogP contribution < -0.4 is 9.64 Å². The lowest BCUT2D eigenvalue weighted by molar-refractivity contribution is -0.385. The summed E-state index contributed by atoms with van der Waals surface area (Å²) in [7, 11) is 1.42. The van der Waals surface area contributed by atoms with E-state index in [0.29, 0.717) is 31.5 Å². The van der Waals surface area contributed by atoms with Crippen molar-refractivity contribution in [2.24, 2.45) is 0 Å². The lowest BCUT2D eigenvalue weighted by atomic mass is 10.2. The summed E-state index contributed by atoms with van der Waals surface area (Å²) in [6.07, 6.45) is 0. The molecule has 0 N–H and O–H groups in total. The molecule has 0 radical (unpaired) electrons. The fourth-order valence-electron chi connectivity index (χ4n) is 2.31. The van der Waals surface area contributed by atoms with Gasteiger partial charge in [-0.2, -0.15) is 0 Å². The maximum absolute atomic E-state index is 11.6. The van der Waals surface area contributed by atoms with E-state index in [1.807, 2.05) is 0 Å². The van der Waals surface area contributed by atoms with E-state index in [1.165, 1.54) is 13.2 Å². The van der Waals surface area contributed by atoms with Gasteiger partial charge in [0.2, 0.25) is 5.91 Å². The number of carbonyl (C=O) groups excluding carboxylic acids is 1. The molecule has 1 amide bonds. The smallest absolute Gasteiger partial charge is 0.311 e. The number of hydrogen-bond acceptors (Lipinski definition) is 5. The van der Waals surface area contributed by atoms with Crippen molar-refractivity contribution < 1.29 is 14.5 Å². The number of nitro groups is 1. The van der Waals surface area contributed by atoms with Crippen LogP contribution in [0.25, 0.3) is 0 Å². The first-order valence-electron chi connectivity index (χ1n) is 6.48. The van der Waals surface area contributed by atoms with Gasteiger partial charge in [0, 0.05) is 44.0 Å². The van der Waals surface area contributed by atoms with Gasteiger partial charge in [0.15, 0.2) is 5.75 Å². The van der Waals surface area contributed by atoms with Gasteiger partial charge in [-0.3, -0.25) is 14.9 Å². The topological polar surface area (TPSA) is 75.9 Å². The number of nitrogens with zero attached hydrogens (tertiary/aromatic N) is 3. The number of alkyl halides is 1. The first-order chi connectivity index (χ1) is 10.1. The molecule has 114 valence electrons. The zero-order valence-electron chi connectivity index (χ0n) is 11.6. The Bertz CT molecular complexity index is 544. The molecular formula is C13H16BrN3O4. The van der Waals surface area contributed by atoms with Gasteiger partial charge < -0.3 is 14.5 Å². The lowest BCUT2D eigenvalue weighted by Crippen LogP contribution is -2.49. The van der Waals surface area contributed by atoms with E-state index in [4.69, 9.17) is 4.74 Å². The maximum Gasteiger partial charge on any atom is 0.311 e. The van der Waals surface area contributed by atoms with E-state index in [9.17, 15) is 14.9 Å². The molecule has 0 unspecified atom stereocenters. The SMILES string of the molecule is COc1cc(N2CCN(C(=O)CBr)CC2)ccc1[N+](=O)[O-]. The molecule has 1 aliphatic heterocycles. The zero-order chi connectivity index (χ0) is 15.4. The molecule has 0 spiro atoms. The molecule has 0 saturated carbocycles. The maximum atomic E-state index is 11.6. The first-order valence-corrected chi connectivity index (χ1v) is 7.60. The highest BCUT2D eigenvalue weighted by atomic mass is 79.9. The van der Waals surface area contributed by atoms with Crippen molar-refractivity contribution in [3.05, 3.63) is 28.3 Å². The van der Waals surface area contributed by atoms with Crippen molar-refractivity contribution in [2.75, 3.05) is 43.5 Å². The van der Waals surface area contributed by atoms with Crippen LogP contribution in [0, 0.1) is 10.1 Å². The van der Waals surface area contributed by atoms with Crippen LogP contribution in [0.5, 0.6) is 5.75 Å². The fraction of sp³-hybridized carbons (Fsp3) is 0.462. The van der Waals surface area contributed by atoms with Crippen molar-refractivity contribution in [3.8, 4) is 5.75 Å². The molecule has 2 rings (SSSR count). The van der Waals surface area contributed by atoms with Crippen molar-refractivity contribution >= 4 is 33.2 Å². The summed E-state index contributed by atoms with van der Waals surface area (Å²) in [6, 6.07) is 4.83. The summed E-state index contributed by atoms with van der Waals surface area (Å²) in [5.41, 5.74) is 0.817. The fourth-order valence-corrected chi connectivity index (χ4v) is 2.67. The van der Waals surface area contributed by atoms with Crippen molar-refractivity contribution in [1.29, 1.82) is 0 Å². The number of anilines is 1. The highest BCUT2D eigenvalue weighted by Gasteiger charge is 2.22. The molecule has 1 aromatic rings. The summed E-state index contributed by atoms with van der Waals surface area (Å²) in [5, 5.41) is 11.2. The molecule has 7 nitrogen and oxygen atoms in total. The van der Waals surface area contributed by atoms with Crippen molar-refractivity contribution in [3.63, 3.8) is 0 Å². The number of amides is 1. The number of halogens is 1. The predicted molar refractivity (Wildman–Crippen MR) is 82.2 cm³/mol. The number of hydrogen-bond donors (Lipinski definition) is 0. The first kappa shape index (κ1) is 15.6. The number of carbonyl (C=O) groups is 1. The van der Waals surface area contributed by atoms with Crippen LogP contribution in [0.2, 0.25) is 0 Å². The van der Waals surface area contributed by atoms with Gasteiger partial charge in [0.25, 0.3) is 0 Å². The van der Waals surface area contributed by atoms with Gasteiger partial charge in [0.1, 0.15) is 0 Å². The van der Waals surface area contributed by atoms with Crippen LogP contribution in [0.3, 0.4) is 0 Å². The van der Waals surface area contributed by atoms with Gasteiger partial charge in [-0.05, 0) is 6.07 Å². The molecule has 1 heterocycles. The van der Waals surface area contributed by atoms with Gasteiger partial charge in [-0.25, -0.2) is 0 Å². The Morgan fingerprint density at radius 3 is 2.57 bits per heavy atom. The van der Waals surface area contributed by atoms with Crippen LogP contribution in [-0.2, 0) is 4.79 Å². The molecular weight excluding hydrogens is 342 g/mol. The zero-order valence-corrected chi connectivity index (χ0v) is 13.2. The second-order valence-electron chi connectivity index (χ2n) is 4.61. The van der Waals surface area contributed by atoms with E-state index in [1.54, 1.807) is 17.0 Å². The summed E-state index contributed by atoms with van der Waals surface area (Å²) in [5.74, 6) is 0.326. The molecule has 1 saturated heterocycles. The highest BCUT2D eigenvalue weighted by Crippen LogP contribution is 2.31. The van der Waals surface area contributed by atoms with E-state index in [-0.39, 0.29) is 17.3 Å². The highest BCUT2D eigenvalue weighted by molar-refractivity contribution is 9.09. The van der Waals surface area contributed by atoms with Gasteiger partial charge in [-0.15, -0.1) is 0 Å². The third-order valence-corrected chi connectivity index (χ3v) is 3.95. The quantitative estimate of drug-likeness (QED) is 0.465. The normalized spacial score (nSPS) is 15.0. The van der Waals surface area contributed by atoms with Crippen molar-refractivity contribution in [2.45, 2.75) is 0 Å². The summed E-state index contributed by atoms with van der Waals surface area (Å²) in [6.45, 7) is 2.67. The van der Waals surface area contributed by atoms with E-state index >= 15 is 0 Å². The Balaban J connectivity index is 2.10. The molecule has 1 aliphatic rings. The average molecular weight is 358 g/mol. The van der Waals surface area contributed by atoms with E-state index < -0.39 is 4.92 Å². The molecule has 21 heavy (non-hydrogen) atoms. The molecule has 0 aromatic heterocycles. The Hall–Kier alpha value is -1.83.